The first-order valence-corrected chi connectivity index (χ1v) is 7.94. The van der Waals surface area contributed by atoms with Crippen molar-refractivity contribution in [3.05, 3.63) is 16.3 Å². The van der Waals surface area contributed by atoms with Gasteiger partial charge in [-0.15, -0.1) is 10.2 Å². The highest BCUT2D eigenvalue weighted by Crippen LogP contribution is 2.27. The lowest BCUT2D eigenvalue weighted by Gasteiger charge is -2.26. The molecule has 7 heteroatoms. The molecule has 1 aromatic heterocycles. The lowest BCUT2D eigenvalue weighted by Crippen LogP contribution is -2.34. The molecule has 100 valence electrons. The molecule has 1 atom stereocenters. The largest absolute Gasteiger partial charge is 0.354 e. The molecule has 1 aromatic rings. The van der Waals surface area contributed by atoms with E-state index >= 15 is 0 Å². The van der Waals surface area contributed by atoms with Crippen LogP contribution in [0.15, 0.2) is 0 Å². The third kappa shape index (κ3) is 2.44. The predicted octanol–water partition coefficient (Wildman–Crippen LogP) is 1.37. The van der Waals surface area contributed by atoms with E-state index < -0.39 is 9.84 Å². The van der Waals surface area contributed by atoms with E-state index in [9.17, 15) is 8.42 Å². The molecular formula is C11H16ClN3O2S. The lowest BCUT2D eigenvalue weighted by atomic mass is 10.1. The summed E-state index contributed by atoms with van der Waals surface area (Å²) in [4.78, 5) is 1.90. The van der Waals surface area contributed by atoms with E-state index in [1.54, 1.807) is 0 Å². The van der Waals surface area contributed by atoms with Gasteiger partial charge in [-0.05, 0) is 31.4 Å². The second-order valence-electron chi connectivity index (χ2n) is 4.73. The SMILES string of the molecule is Cc1c(Cl)nnc(N(C)C2CCS(=O)(=O)C2)c1C. The number of halogens is 1. The highest BCUT2D eigenvalue weighted by Gasteiger charge is 2.32. The Kier molecular flexibility index (Phi) is 3.51. The van der Waals surface area contributed by atoms with Gasteiger partial charge < -0.3 is 4.90 Å². The van der Waals surface area contributed by atoms with Gasteiger partial charge >= 0.3 is 0 Å². The van der Waals surface area contributed by atoms with Crippen molar-refractivity contribution < 1.29 is 8.42 Å². The van der Waals surface area contributed by atoms with E-state index in [1.165, 1.54) is 0 Å². The number of rotatable bonds is 2. The van der Waals surface area contributed by atoms with Crippen molar-refractivity contribution in [1.29, 1.82) is 0 Å². The molecule has 0 aromatic carbocycles. The third-order valence-corrected chi connectivity index (χ3v) is 5.64. The highest BCUT2D eigenvalue weighted by molar-refractivity contribution is 7.91. The highest BCUT2D eigenvalue weighted by atomic mass is 35.5. The van der Waals surface area contributed by atoms with Crippen molar-refractivity contribution in [1.82, 2.24) is 10.2 Å². The van der Waals surface area contributed by atoms with Gasteiger partial charge in [0, 0.05) is 13.1 Å². The van der Waals surface area contributed by atoms with E-state index in [-0.39, 0.29) is 17.5 Å². The minimum Gasteiger partial charge on any atom is -0.354 e. The topological polar surface area (TPSA) is 63.2 Å². The minimum atomic E-state index is -2.90. The van der Waals surface area contributed by atoms with Crippen LogP contribution in [-0.2, 0) is 9.84 Å². The average molecular weight is 290 g/mol. The Bertz CT molecular complexity index is 574. The van der Waals surface area contributed by atoms with Crippen LogP contribution in [0.3, 0.4) is 0 Å². The molecule has 0 bridgehead atoms. The number of anilines is 1. The summed E-state index contributed by atoms with van der Waals surface area (Å²) in [5, 5.41) is 8.37. The molecule has 0 aliphatic carbocycles. The number of hydrogen-bond acceptors (Lipinski definition) is 5. The van der Waals surface area contributed by atoms with Crippen LogP contribution in [0.1, 0.15) is 17.5 Å². The van der Waals surface area contributed by atoms with Gasteiger partial charge in [0.05, 0.1) is 11.5 Å². The fourth-order valence-electron chi connectivity index (χ4n) is 2.15. The summed E-state index contributed by atoms with van der Waals surface area (Å²) in [6, 6.07) is -0.0245. The van der Waals surface area contributed by atoms with Gasteiger partial charge in [-0.2, -0.15) is 0 Å². The number of sulfone groups is 1. The summed E-state index contributed by atoms with van der Waals surface area (Å²) >= 11 is 5.91. The van der Waals surface area contributed by atoms with Gasteiger partial charge in [0.15, 0.2) is 20.8 Å². The second-order valence-corrected chi connectivity index (χ2v) is 7.32. The maximum atomic E-state index is 11.5. The molecule has 1 fully saturated rings. The van der Waals surface area contributed by atoms with Crippen LogP contribution in [0.4, 0.5) is 5.82 Å². The molecule has 2 rings (SSSR count). The zero-order chi connectivity index (χ0) is 13.5. The van der Waals surface area contributed by atoms with Gasteiger partial charge in [-0.1, -0.05) is 11.6 Å². The van der Waals surface area contributed by atoms with E-state index in [0.717, 1.165) is 11.1 Å². The smallest absolute Gasteiger partial charge is 0.155 e. The van der Waals surface area contributed by atoms with Crippen molar-refractivity contribution in [2.45, 2.75) is 26.3 Å². The van der Waals surface area contributed by atoms with Gasteiger partial charge in [-0.3, -0.25) is 0 Å². The molecule has 0 saturated carbocycles. The Morgan fingerprint density at radius 2 is 1.94 bits per heavy atom. The molecule has 18 heavy (non-hydrogen) atoms. The maximum Gasteiger partial charge on any atom is 0.155 e. The van der Waals surface area contributed by atoms with E-state index in [4.69, 9.17) is 11.6 Å². The van der Waals surface area contributed by atoms with Crippen molar-refractivity contribution in [3.8, 4) is 0 Å². The summed E-state index contributed by atoms with van der Waals surface area (Å²) < 4.78 is 23.0. The molecule has 1 aliphatic heterocycles. The summed E-state index contributed by atoms with van der Waals surface area (Å²) in [5.41, 5.74) is 1.83. The van der Waals surface area contributed by atoms with E-state index in [0.29, 0.717) is 17.4 Å². The van der Waals surface area contributed by atoms with Crippen LogP contribution < -0.4 is 4.90 Å². The van der Waals surface area contributed by atoms with Crippen molar-refractivity contribution in [2.24, 2.45) is 0 Å². The first kappa shape index (κ1) is 13.5. The minimum absolute atomic E-state index is 0.0245. The molecule has 0 spiro atoms. The Morgan fingerprint density at radius 1 is 1.28 bits per heavy atom. The third-order valence-electron chi connectivity index (χ3n) is 3.53. The van der Waals surface area contributed by atoms with Gasteiger partial charge in [0.2, 0.25) is 0 Å². The molecule has 2 heterocycles. The fraction of sp³-hybridized carbons (Fsp3) is 0.636. The number of aromatic nitrogens is 2. The summed E-state index contributed by atoms with van der Waals surface area (Å²) in [6.45, 7) is 3.81. The molecule has 1 aliphatic rings. The monoisotopic (exact) mass is 289 g/mol. The Hall–Kier alpha value is -0.880. The number of nitrogens with zero attached hydrogens (tertiary/aromatic N) is 3. The van der Waals surface area contributed by atoms with Crippen LogP contribution in [-0.4, -0.2) is 43.2 Å². The second kappa shape index (κ2) is 4.66. The maximum absolute atomic E-state index is 11.5. The Labute approximate surface area is 112 Å². The van der Waals surface area contributed by atoms with E-state index in [2.05, 4.69) is 10.2 Å². The molecule has 1 saturated heterocycles. The van der Waals surface area contributed by atoms with Crippen LogP contribution >= 0.6 is 11.6 Å². The molecule has 0 radical (unpaired) electrons. The standard InChI is InChI=1S/C11H16ClN3O2S/c1-7-8(2)11(14-13-10(7)12)15(3)9-4-5-18(16,17)6-9/h9H,4-6H2,1-3H3. The molecule has 0 N–H and O–H groups in total. The van der Waals surface area contributed by atoms with Crippen LogP contribution in [0.5, 0.6) is 0 Å². The zero-order valence-electron chi connectivity index (χ0n) is 10.6. The fourth-order valence-corrected chi connectivity index (χ4v) is 4.11. The van der Waals surface area contributed by atoms with Gasteiger partial charge in [0.1, 0.15) is 0 Å². The van der Waals surface area contributed by atoms with Crippen LogP contribution in [0, 0.1) is 13.8 Å². The van der Waals surface area contributed by atoms with Crippen molar-refractivity contribution in [3.63, 3.8) is 0 Å². The number of hydrogen-bond donors (Lipinski definition) is 0. The lowest BCUT2D eigenvalue weighted by molar-refractivity contribution is 0.600. The van der Waals surface area contributed by atoms with Crippen molar-refractivity contribution in [2.75, 3.05) is 23.5 Å². The Morgan fingerprint density at radius 3 is 2.50 bits per heavy atom. The summed E-state index contributed by atoms with van der Waals surface area (Å²) in [6.07, 6.45) is 0.641. The Balaban J connectivity index is 2.30. The molecule has 0 amide bonds. The molecule has 5 nitrogen and oxygen atoms in total. The molecule has 1 unspecified atom stereocenters. The van der Waals surface area contributed by atoms with Crippen LogP contribution in [0.2, 0.25) is 5.15 Å². The quantitative estimate of drug-likeness (QED) is 0.823. The average Bonchev–Trinajstić information content (AvgIpc) is 2.66. The van der Waals surface area contributed by atoms with Gasteiger partial charge in [-0.25, -0.2) is 8.42 Å². The molecular weight excluding hydrogens is 274 g/mol. The normalized spacial score (nSPS) is 22.1. The van der Waals surface area contributed by atoms with E-state index in [1.807, 2.05) is 25.8 Å². The first-order valence-electron chi connectivity index (χ1n) is 5.74. The summed E-state index contributed by atoms with van der Waals surface area (Å²) in [7, 11) is -1.04. The summed E-state index contributed by atoms with van der Waals surface area (Å²) in [5.74, 6) is 1.15. The van der Waals surface area contributed by atoms with Crippen molar-refractivity contribution >= 4 is 27.3 Å². The van der Waals surface area contributed by atoms with Gasteiger partial charge in [0.25, 0.3) is 0 Å². The first-order chi connectivity index (χ1) is 8.32. The zero-order valence-corrected chi connectivity index (χ0v) is 12.2. The predicted molar refractivity (Wildman–Crippen MR) is 72.0 cm³/mol. The van der Waals surface area contributed by atoms with Crippen LogP contribution in [0.25, 0.3) is 0 Å².